The first-order chi connectivity index (χ1) is 12.0. The lowest BCUT2D eigenvalue weighted by atomic mass is 9.99. The lowest BCUT2D eigenvalue weighted by Crippen LogP contribution is -2.32. The van der Waals surface area contributed by atoms with Crippen LogP contribution in [-0.2, 0) is 16.6 Å². The zero-order chi connectivity index (χ0) is 18.0. The lowest BCUT2D eigenvalue weighted by Gasteiger charge is -2.20. The van der Waals surface area contributed by atoms with Gasteiger partial charge in [0.1, 0.15) is 6.10 Å². The Kier molecular flexibility index (Phi) is 5.22. The van der Waals surface area contributed by atoms with Crippen LogP contribution in [-0.4, -0.2) is 38.6 Å². The number of carbonyl (C=O) groups is 1. The molecular weight excluding hydrogens is 318 g/mol. The Balaban J connectivity index is 1.53. The second kappa shape index (κ2) is 7.39. The number of rotatable bonds is 6. The van der Waals surface area contributed by atoms with Gasteiger partial charge < -0.3 is 10.1 Å². The molecule has 136 valence electrons. The van der Waals surface area contributed by atoms with E-state index in [2.05, 4.69) is 15.5 Å². The van der Waals surface area contributed by atoms with Gasteiger partial charge in [0, 0.05) is 44.4 Å². The fourth-order valence-electron chi connectivity index (χ4n) is 3.60. The molecule has 3 atom stereocenters. The van der Waals surface area contributed by atoms with E-state index in [-0.39, 0.29) is 24.0 Å². The zero-order valence-corrected chi connectivity index (χ0v) is 15.4. The molecule has 0 aromatic carbocycles. The van der Waals surface area contributed by atoms with Gasteiger partial charge in [-0.05, 0) is 39.3 Å². The van der Waals surface area contributed by atoms with E-state index in [0.717, 1.165) is 30.1 Å². The van der Waals surface area contributed by atoms with Gasteiger partial charge in [0.05, 0.1) is 17.4 Å². The monoisotopic (exact) mass is 345 g/mol. The molecule has 1 amide bonds. The first kappa shape index (κ1) is 17.7. The molecule has 1 saturated heterocycles. The van der Waals surface area contributed by atoms with E-state index in [4.69, 9.17) is 4.74 Å². The average molecular weight is 345 g/mol. The lowest BCUT2D eigenvalue weighted by molar-refractivity contribution is -0.122. The summed E-state index contributed by atoms with van der Waals surface area (Å²) in [5.74, 6) is 0.332. The van der Waals surface area contributed by atoms with Crippen molar-refractivity contribution >= 4 is 5.91 Å². The summed E-state index contributed by atoms with van der Waals surface area (Å²) in [4.78, 5) is 12.4. The van der Waals surface area contributed by atoms with Crippen LogP contribution in [0, 0.1) is 19.8 Å². The van der Waals surface area contributed by atoms with Crippen LogP contribution in [0.3, 0.4) is 0 Å². The summed E-state index contributed by atoms with van der Waals surface area (Å²) in [6.45, 7) is 7.35. The minimum Gasteiger partial charge on any atom is -0.372 e. The van der Waals surface area contributed by atoms with E-state index < -0.39 is 0 Å². The molecular formula is C18H27N5O2. The van der Waals surface area contributed by atoms with Crippen LogP contribution in [0.1, 0.15) is 49.0 Å². The van der Waals surface area contributed by atoms with Gasteiger partial charge in [0.15, 0.2) is 0 Å². The summed E-state index contributed by atoms with van der Waals surface area (Å²) in [6.07, 6.45) is 3.15. The highest BCUT2D eigenvalue weighted by atomic mass is 16.5. The van der Waals surface area contributed by atoms with Crippen molar-refractivity contribution < 1.29 is 9.53 Å². The van der Waals surface area contributed by atoms with Crippen molar-refractivity contribution in [1.29, 1.82) is 0 Å². The van der Waals surface area contributed by atoms with Crippen molar-refractivity contribution in [3.63, 3.8) is 0 Å². The van der Waals surface area contributed by atoms with Gasteiger partial charge in [-0.15, -0.1) is 0 Å². The van der Waals surface area contributed by atoms with Crippen LogP contribution < -0.4 is 5.32 Å². The predicted octanol–water partition coefficient (Wildman–Crippen LogP) is 2.08. The molecule has 25 heavy (non-hydrogen) atoms. The number of ether oxygens (including phenoxy) is 1. The summed E-state index contributed by atoms with van der Waals surface area (Å²) in [5.41, 5.74) is 3.12. The quantitative estimate of drug-likeness (QED) is 0.870. The van der Waals surface area contributed by atoms with Crippen LogP contribution in [0.4, 0.5) is 0 Å². The Labute approximate surface area is 148 Å². The van der Waals surface area contributed by atoms with E-state index in [1.165, 1.54) is 0 Å². The van der Waals surface area contributed by atoms with Gasteiger partial charge in [-0.3, -0.25) is 14.2 Å². The van der Waals surface area contributed by atoms with Gasteiger partial charge in [-0.25, -0.2) is 0 Å². The van der Waals surface area contributed by atoms with Crippen molar-refractivity contribution in [3.05, 3.63) is 35.4 Å². The molecule has 0 radical (unpaired) electrons. The van der Waals surface area contributed by atoms with Crippen LogP contribution in [0.25, 0.3) is 0 Å². The highest BCUT2D eigenvalue weighted by molar-refractivity contribution is 5.76. The molecule has 0 spiro atoms. The van der Waals surface area contributed by atoms with Crippen LogP contribution in [0.15, 0.2) is 18.3 Å². The predicted molar refractivity (Wildman–Crippen MR) is 94.0 cm³/mol. The molecule has 1 fully saturated rings. The standard InChI is InChI=1S/C18H27N5O2/c1-12-9-13(2)23(21-12)14(3)10-17(24)19-11-15-6-8-25-18(15)16-5-7-20-22(16)4/h5,7,9,14-15,18H,6,8,10-11H2,1-4H3,(H,19,24)/t14?,15-,18+/m0/s1. The van der Waals surface area contributed by atoms with Crippen molar-refractivity contribution in [3.8, 4) is 0 Å². The van der Waals surface area contributed by atoms with Crippen molar-refractivity contribution in [1.82, 2.24) is 24.9 Å². The average Bonchev–Trinajstić information content (AvgIpc) is 3.25. The molecule has 2 aromatic heterocycles. The molecule has 7 heteroatoms. The van der Waals surface area contributed by atoms with E-state index in [1.54, 1.807) is 6.20 Å². The van der Waals surface area contributed by atoms with Gasteiger partial charge in [-0.1, -0.05) is 0 Å². The molecule has 3 rings (SSSR count). The number of hydrogen-bond acceptors (Lipinski definition) is 4. The second-order valence-corrected chi connectivity index (χ2v) is 6.95. The molecule has 2 aromatic rings. The Hall–Kier alpha value is -2.15. The third kappa shape index (κ3) is 3.92. The molecule has 3 heterocycles. The van der Waals surface area contributed by atoms with Gasteiger partial charge in [0.2, 0.25) is 5.91 Å². The van der Waals surface area contributed by atoms with Gasteiger partial charge in [0.25, 0.3) is 0 Å². The molecule has 7 nitrogen and oxygen atoms in total. The number of hydrogen-bond donors (Lipinski definition) is 1. The summed E-state index contributed by atoms with van der Waals surface area (Å²) in [5, 5.41) is 11.8. The molecule has 1 aliphatic heterocycles. The third-order valence-corrected chi connectivity index (χ3v) is 4.87. The molecule has 0 bridgehead atoms. The fraction of sp³-hybridized carbons (Fsp3) is 0.611. The minimum absolute atomic E-state index is 0.00114. The number of amides is 1. The summed E-state index contributed by atoms with van der Waals surface area (Å²) >= 11 is 0. The SMILES string of the molecule is Cc1cc(C)n(C(C)CC(=O)NC[C@@H]2CCO[C@H]2c2ccnn2C)n1. The van der Waals surface area contributed by atoms with Crippen LogP contribution >= 0.6 is 0 Å². The molecule has 0 saturated carbocycles. The van der Waals surface area contributed by atoms with E-state index >= 15 is 0 Å². The van der Waals surface area contributed by atoms with Gasteiger partial charge in [-0.2, -0.15) is 10.2 Å². The number of aromatic nitrogens is 4. The first-order valence-electron chi connectivity index (χ1n) is 8.84. The molecule has 1 unspecified atom stereocenters. The summed E-state index contributed by atoms with van der Waals surface area (Å²) in [6, 6.07) is 4.06. The summed E-state index contributed by atoms with van der Waals surface area (Å²) in [7, 11) is 1.92. The molecule has 1 N–H and O–H groups in total. The maximum Gasteiger partial charge on any atom is 0.222 e. The Bertz CT molecular complexity index is 736. The van der Waals surface area contributed by atoms with E-state index in [1.807, 2.05) is 49.3 Å². The number of nitrogens with zero attached hydrogens (tertiary/aromatic N) is 4. The van der Waals surface area contributed by atoms with E-state index in [9.17, 15) is 4.79 Å². The highest BCUT2D eigenvalue weighted by Gasteiger charge is 2.31. The summed E-state index contributed by atoms with van der Waals surface area (Å²) < 4.78 is 9.63. The second-order valence-electron chi connectivity index (χ2n) is 6.95. The fourth-order valence-corrected chi connectivity index (χ4v) is 3.60. The molecule has 0 aliphatic carbocycles. The highest BCUT2D eigenvalue weighted by Crippen LogP contribution is 2.33. The largest absolute Gasteiger partial charge is 0.372 e. The zero-order valence-electron chi connectivity index (χ0n) is 15.4. The number of aryl methyl sites for hydroxylation is 3. The van der Waals surface area contributed by atoms with E-state index in [0.29, 0.717) is 13.0 Å². The Morgan fingerprint density at radius 3 is 2.92 bits per heavy atom. The van der Waals surface area contributed by atoms with Crippen molar-refractivity contribution in [2.75, 3.05) is 13.2 Å². The third-order valence-electron chi connectivity index (χ3n) is 4.87. The number of carbonyl (C=O) groups excluding carboxylic acids is 1. The van der Waals surface area contributed by atoms with Crippen LogP contribution in [0.5, 0.6) is 0 Å². The Morgan fingerprint density at radius 2 is 2.28 bits per heavy atom. The first-order valence-corrected chi connectivity index (χ1v) is 8.84. The smallest absolute Gasteiger partial charge is 0.222 e. The minimum atomic E-state index is 0.00114. The van der Waals surface area contributed by atoms with Crippen molar-refractivity contribution in [2.45, 2.75) is 45.8 Å². The maximum atomic E-state index is 12.4. The van der Waals surface area contributed by atoms with Crippen molar-refractivity contribution in [2.24, 2.45) is 13.0 Å². The molecule has 1 aliphatic rings. The topological polar surface area (TPSA) is 74.0 Å². The van der Waals surface area contributed by atoms with Gasteiger partial charge >= 0.3 is 0 Å². The maximum absolute atomic E-state index is 12.4. The normalized spacial score (nSPS) is 21.4. The van der Waals surface area contributed by atoms with Crippen LogP contribution in [0.2, 0.25) is 0 Å². The Morgan fingerprint density at radius 1 is 1.48 bits per heavy atom. The number of nitrogens with one attached hydrogen (secondary N) is 1.